The molecule has 1 heterocycles. The molecule has 0 amide bonds. The van der Waals surface area contributed by atoms with E-state index in [1.165, 1.54) is 0 Å². The number of aromatic carboxylic acids is 1. The molecule has 0 saturated carbocycles. The van der Waals surface area contributed by atoms with Gasteiger partial charge in [0.1, 0.15) is 17.1 Å². The molecule has 0 atom stereocenters. The highest BCUT2D eigenvalue weighted by Crippen LogP contribution is 2.30. The molecule has 1 N–H and O–H groups in total. The Hall–Kier alpha value is -1.25. The molecule has 14 heavy (non-hydrogen) atoms. The number of hydrogen-bond acceptors (Lipinski definition) is 2. The zero-order chi connectivity index (χ0) is 10.1. The third kappa shape index (κ3) is 1.33. The average molecular weight is 194 g/mol. The molecule has 0 bridgehead atoms. The van der Waals surface area contributed by atoms with Crippen molar-refractivity contribution in [2.24, 2.45) is 0 Å². The Bertz CT molecular complexity index is 363. The van der Waals surface area contributed by atoms with E-state index in [9.17, 15) is 4.79 Å². The van der Waals surface area contributed by atoms with Gasteiger partial charge in [-0.15, -0.1) is 0 Å². The summed E-state index contributed by atoms with van der Waals surface area (Å²) in [5.74, 6) is 0.712. The van der Waals surface area contributed by atoms with Crippen LogP contribution in [0.3, 0.4) is 0 Å². The lowest BCUT2D eigenvalue weighted by atomic mass is 9.94. The summed E-state index contributed by atoms with van der Waals surface area (Å²) in [4.78, 5) is 11.1. The van der Waals surface area contributed by atoms with Gasteiger partial charge in [-0.3, -0.25) is 0 Å². The van der Waals surface area contributed by atoms with Crippen molar-refractivity contribution in [3.63, 3.8) is 0 Å². The fraction of sp³-hybridized carbons (Fsp3) is 0.545. The molecule has 76 valence electrons. The van der Waals surface area contributed by atoms with Crippen LogP contribution in [0, 0.1) is 0 Å². The maximum Gasteiger partial charge on any atom is 0.339 e. The molecule has 2 rings (SSSR count). The Morgan fingerprint density at radius 1 is 1.43 bits per heavy atom. The van der Waals surface area contributed by atoms with Crippen LogP contribution in [0.2, 0.25) is 0 Å². The van der Waals surface area contributed by atoms with Gasteiger partial charge >= 0.3 is 5.97 Å². The lowest BCUT2D eigenvalue weighted by molar-refractivity contribution is 0.0693. The van der Waals surface area contributed by atoms with E-state index in [0.29, 0.717) is 17.7 Å². The molecule has 0 saturated heterocycles. The van der Waals surface area contributed by atoms with Crippen LogP contribution in [0.5, 0.6) is 0 Å². The van der Waals surface area contributed by atoms with E-state index in [1.807, 2.05) is 6.92 Å². The van der Waals surface area contributed by atoms with E-state index in [0.717, 1.165) is 37.0 Å². The highest BCUT2D eigenvalue weighted by Gasteiger charge is 2.25. The van der Waals surface area contributed by atoms with E-state index >= 15 is 0 Å². The van der Waals surface area contributed by atoms with Crippen molar-refractivity contribution < 1.29 is 14.3 Å². The third-order valence-corrected chi connectivity index (χ3v) is 2.78. The van der Waals surface area contributed by atoms with Crippen molar-refractivity contribution in [2.45, 2.75) is 39.0 Å². The van der Waals surface area contributed by atoms with Crippen molar-refractivity contribution in [2.75, 3.05) is 0 Å². The van der Waals surface area contributed by atoms with E-state index in [4.69, 9.17) is 9.52 Å². The molecule has 0 radical (unpaired) electrons. The third-order valence-electron chi connectivity index (χ3n) is 2.78. The predicted molar refractivity (Wildman–Crippen MR) is 51.7 cm³/mol. The molecule has 0 unspecified atom stereocenters. The minimum atomic E-state index is -0.839. The van der Waals surface area contributed by atoms with Gasteiger partial charge in [-0.2, -0.15) is 0 Å². The molecule has 0 aromatic carbocycles. The van der Waals surface area contributed by atoms with Crippen LogP contribution in [-0.2, 0) is 19.3 Å². The summed E-state index contributed by atoms with van der Waals surface area (Å²) >= 11 is 0. The second-order valence-corrected chi connectivity index (χ2v) is 3.67. The number of carboxylic acid groups (broad SMARTS) is 1. The smallest absolute Gasteiger partial charge is 0.339 e. The number of hydrogen-bond donors (Lipinski definition) is 1. The van der Waals surface area contributed by atoms with Crippen molar-refractivity contribution >= 4 is 5.97 Å². The van der Waals surface area contributed by atoms with Crippen LogP contribution < -0.4 is 0 Å². The maximum absolute atomic E-state index is 11.1. The highest BCUT2D eigenvalue weighted by molar-refractivity contribution is 5.91. The van der Waals surface area contributed by atoms with E-state index in [1.54, 1.807) is 0 Å². The number of carboxylic acids is 1. The molecule has 1 aliphatic carbocycles. The van der Waals surface area contributed by atoms with Gasteiger partial charge in [-0.05, 0) is 19.3 Å². The Kier molecular flexibility index (Phi) is 2.32. The van der Waals surface area contributed by atoms with Gasteiger partial charge in [0.25, 0.3) is 0 Å². The number of rotatable bonds is 2. The Morgan fingerprint density at radius 3 is 2.79 bits per heavy atom. The van der Waals surface area contributed by atoms with Crippen molar-refractivity contribution in [1.29, 1.82) is 0 Å². The first-order valence-corrected chi connectivity index (χ1v) is 5.10. The fourth-order valence-corrected chi connectivity index (χ4v) is 2.12. The van der Waals surface area contributed by atoms with E-state index in [-0.39, 0.29) is 0 Å². The van der Waals surface area contributed by atoms with Gasteiger partial charge in [0.05, 0.1) is 0 Å². The Morgan fingerprint density at radius 2 is 2.14 bits per heavy atom. The van der Waals surface area contributed by atoms with Gasteiger partial charge in [0, 0.05) is 18.4 Å². The topological polar surface area (TPSA) is 50.4 Å². The fourth-order valence-electron chi connectivity index (χ4n) is 2.12. The first-order valence-electron chi connectivity index (χ1n) is 5.10. The monoisotopic (exact) mass is 194 g/mol. The zero-order valence-electron chi connectivity index (χ0n) is 8.30. The van der Waals surface area contributed by atoms with Crippen molar-refractivity contribution in [3.05, 3.63) is 22.6 Å². The van der Waals surface area contributed by atoms with Gasteiger partial charge in [-0.25, -0.2) is 4.79 Å². The standard InChI is InChI=1S/C11H14O3/c1-2-8-10(11(12)13)7-5-3-4-6-9(7)14-8/h2-6H2,1H3,(H,12,13). The Labute approximate surface area is 82.7 Å². The minimum absolute atomic E-state index is 0.433. The first kappa shape index (κ1) is 9.31. The largest absolute Gasteiger partial charge is 0.478 e. The van der Waals surface area contributed by atoms with Crippen LogP contribution in [0.1, 0.15) is 47.2 Å². The predicted octanol–water partition coefficient (Wildman–Crippen LogP) is 2.42. The SMILES string of the molecule is CCc1oc2c(c1C(=O)O)CCCC2. The summed E-state index contributed by atoms with van der Waals surface area (Å²) in [7, 11) is 0. The summed E-state index contributed by atoms with van der Waals surface area (Å²) in [6.07, 6.45) is 4.61. The van der Waals surface area contributed by atoms with Gasteiger partial charge < -0.3 is 9.52 Å². The van der Waals surface area contributed by atoms with E-state index in [2.05, 4.69) is 0 Å². The van der Waals surface area contributed by atoms with Crippen molar-refractivity contribution in [3.8, 4) is 0 Å². The molecule has 3 nitrogen and oxygen atoms in total. The lowest BCUT2D eigenvalue weighted by Crippen LogP contribution is -2.06. The van der Waals surface area contributed by atoms with Crippen LogP contribution >= 0.6 is 0 Å². The summed E-state index contributed by atoms with van der Waals surface area (Å²) in [5, 5.41) is 9.08. The second kappa shape index (κ2) is 3.48. The summed E-state index contributed by atoms with van der Waals surface area (Å²) in [6.45, 7) is 1.93. The summed E-state index contributed by atoms with van der Waals surface area (Å²) in [5.41, 5.74) is 1.38. The molecule has 1 aromatic heterocycles. The normalized spacial score (nSPS) is 15.2. The number of fused-ring (bicyclic) bond motifs is 1. The zero-order valence-corrected chi connectivity index (χ0v) is 8.30. The second-order valence-electron chi connectivity index (χ2n) is 3.67. The molecule has 3 heteroatoms. The van der Waals surface area contributed by atoms with Crippen LogP contribution in [-0.4, -0.2) is 11.1 Å². The summed E-state index contributed by atoms with van der Waals surface area (Å²) < 4.78 is 5.57. The molecule has 0 spiro atoms. The summed E-state index contributed by atoms with van der Waals surface area (Å²) in [6, 6.07) is 0. The number of carbonyl (C=O) groups is 1. The van der Waals surface area contributed by atoms with Gasteiger partial charge in [0.15, 0.2) is 0 Å². The minimum Gasteiger partial charge on any atom is -0.478 e. The number of furan rings is 1. The van der Waals surface area contributed by atoms with Gasteiger partial charge in [-0.1, -0.05) is 6.92 Å². The lowest BCUT2D eigenvalue weighted by Gasteiger charge is -2.08. The molecule has 0 fully saturated rings. The molecule has 0 aliphatic heterocycles. The quantitative estimate of drug-likeness (QED) is 0.786. The Balaban J connectivity index is 2.53. The van der Waals surface area contributed by atoms with Crippen LogP contribution in [0.25, 0.3) is 0 Å². The van der Waals surface area contributed by atoms with Gasteiger partial charge in [0.2, 0.25) is 0 Å². The maximum atomic E-state index is 11.1. The molecule has 1 aromatic rings. The number of aryl methyl sites for hydroxylation is 2. The first-order chi connectivity index (χ1) is 6.74. The van der Waals surface area contributed by atoms with Crippen molar-refractivity contribution in [1.82, 2.24) is 0 Å². The van der Waals surface area contributed by atoms with Crippen LogP contribution in [0.15, 0.2) is 4.42 Å². The molecular formula is C11H14O3. The van der Waals surface area contributed by atoms with Crippen LogP contribution in [0.4, 0.5) is 0 Å². The molecular weight excluding hydrogens is 180 g/mol. The van der Waals surface area contributed by atoms with E-state index < -0.39 is 5.97 Å². The average Bonchev–Trinajstić information content (AvgIpc) is 2.55. The molecule has 1 aliphatic rings. The highest BCUT2D eigenvalue weighted by atomic mass is 16.4.